The van der Waals surface area contributed by atoms with E-state index in [1.54, 1.807) is 6.20 Å². The van der Waals surface area contributed by atoms with Crippen molar-refractivity contribution < 1.29 is 4.39 Å². The average molecular weight is 165 g/mol. The molecule has 0 aromatic carbocycles. The zero-order valence-electron chi connectivity index (χ0n) is 7.13. The van der Waals surface area contributed by atoms with Gasteiger partial charge in [0.05, 0.1) is 0 Å². The summed E-state index contributed by atoms with van der Waals surface area (Å²) in [5.41, 5.74) is 1.20. The van der Waals surface area contributed by atoms with Crippen molar-refractivity contribution in [2.24, 2.45) is 5.92 Å². The predicted octanol–water partition coefficient (Wildman–Crippen LogP) is 2.73. The van der Waals surface area contributed by atoms with E-state index in [1.165, 1.54) is 24.5 Å². The highest BCUT2D eigenvalue weighted by Gasteiger charge is 2.36. The molecule has 0 saturated heterocycles. The van der Waals surface area contributed by atoms with Crippen LogP contribution in [0.2, 0.25) is 0 Å². The first-order valence-corrected chi connectivity index (χ1v) is 4.42. The fourth-order valence-electron chi connectivity index (χ4n) is 1.71. The lowest BCUT2D eigenvalue weighted by Crippen LogP contribution is -1.86. The smallest absolute Gasteiger partial charge is 0.212 e. The topological polar surface area (TPSA) is 12.9 Å². The van der Waals surface area contributed by atoms with E-state index in [0.29, 0.717) is 5.92 Å². The second-order valence-electron chi connectivity index (χ2n) is 3.42. The second-order valence-corrected chi connectivity index (χ2v) is 3.42. The van der Waals surface area contributed by atoms with Gasteiger partial charge in [0, 0.05) is 6.20 Å². The Hall–Kier alpha value is -0.920. The largest absolute Gasteiger partial charge is 0.228 e. The van der Waals surface area contributed by atoms with Crippen LogP contribution in [0.3, 0.4) is 0 Å². The van der Waals surface area contributed by atoms with Crippen LogP contribution in [0, 0.1) is 11.9 Å². The van der Waals surface area contributed by atoms with Gasteiger partial charge in [-0.25, -0.2) is 4.98 Å². The monoisotopic (exact) mass is 165 g/mol. The van der Waals surface area contributed by atoms with E-state index in [0.717, 1.165) is 5.92 Å². The van der Waals surface area contributed by atoms with Crippen LogP contribution in [0.5, 0.6) is 0 Å². The Morgan fingerprint density at radius 1 is 1.58 bits per heavy atom. The molecule has 0 amide bonds. The zero-order valence-corrected chi connectivity index (χ0v) is 7.13. The Morgan fingerprint density at radius 2 is 2.42 bits per heavy atom. The number of aromatic nitrogens is 1. The van der Waals surface area contributed by atoms with E-state index in [-0.39, 0.29) is 5.95 Å². The molecule has 1 fully saturated rings. The van der Waals surface area contributed by atoms with Gasteiger partial charge in [0.2, 0.25) is 5.95 Å². The third-order valence-electron chi connectivity index (χ3n) is 2.63. The molecule has 0 spiro atoms. The van der Waals surface area contributed by atoms with Gasteiger partial charge in [-0.1, -0.05) is 19.4 Å². The number of hydrogen-bond acceptors (Lipinski definition) is 1. The molecule has 0 N–H and O–H groups in total. The molecule has 0 aliphatic heterocycles. The normalized spacial score (nSPS) is 27.2. The van der Waals surface area contributed by atoms with Crippen LogP contribution in [0.4, 0.5) is 4.39 Å². The first kappa shape index (κ1) is 7.71. The molecule has 1 nitrogen and oxygen atoms in total. The minimum atomic E-state index is -0.382. The Morgan fingerprint density at radius 3 is 2.92 bits per heavy atom. The van der Waals surface area contributed by atoms with Crippen molar-refractivity contribution in [1.29, 1.82) is 0 Å². The van der Waals surface area contributed by atoms with Gasteiger partial charge in [0.15, 0.2) is 0 Å². The summed E-state index contributed by atoms with van der Waals surface area (Å²) < 4.78 is 12.4. The quantitative estimate of drug-likeness (QED) is 0.614. The van der Waals surface area contributed by atoms with Gasteiger partial charge < -0.3 is 0 Å². The van der Waals surface area contributed by atoms with Gasteiger partial charge in [-0.05, 0) is 29.9 Å². The number of nitrogens with zero attached hydrogens (tertiary/aromatic N) is 1. The van der Waals surface area contributed by atoms with Gasteiger partial charge in [-0.2, -0.15) is 4.39 Å². The van der Waals surface area contributed by atoms with Crippen molar-refractivity contribution in [1.82, 2.24) is 4.98 Å². The molecule has 1 aromatic rings. The van der Waals surface area contributed by atoms with Crippen LogP contribution in [-0.4, -0.2) is 4.98 Å². The third kappa shape index (κ3) is 1.33. The van der Waals surface area contributed by atoms with E-state index in [9.17, 15) is 4.39 Å². The minimum absolute atomic E-state index is 0.382. The van der Waals surface area contributed by atoms with Crippen molar-refractivity contribution in [3.8, 4) is 0 Å². The fraction of sp³-hybridized carbons (Fsp3) is 0.500. The number of pyridine rings is 1. The molecular weight excluding hydrogens is 153 g/mol. The van der Waals surface area contributed by atoms with Crippen LogP contribution in [-0.2, 0) is 0 Å². The van der Waals surface area contributed by atoms with E-state index in [1.807, 2.05) is 6.07 Å². The lowest BCUT2D eigenvalue weighted by atomic mass is 10.1. The molecule has 1 saturated carbocycles. The molecule has 1 aromatic heterocycles. The number of hydrogen-bond donors (Lipinski definition) is 0. The summed E-state index contributed by atoms with van der Waals surface area (Å²) in [5.74, 6) is 1.09. The van der Waals surface area contributed by atoms with E-state index >= 15 is 0 Å². The van der Waals surface area contributed by atoms with Crippen molar-refractivity contribution in [3.63, 3.8) is 0 Å². The molecule has 12 heavy (non-hydrogen) atoms. The molecule has 2 atom stereocenters. The van der Waals surface area contributed by atoms with Crippen molar-refractivity contribution in [3.05, 3.63) is 29.8 Å². The van der Waals surface area contributed by atoms with Crippen LogP contribution < -0.4 is 0 Å². The maximum Gasteiger partial charge on any atom is 0.212 e. The highest BCUT2D eigenvalue weighted by atomic mass is 19.1. The summed E-state index contributed by atoms with van der Waals surface area (Å²) >= 11 is 0. The number of halogens is 1. The highest BCUT2D eigenvalue weighted by Crippen LogP contribution is 2.48. The summed E-state index contributed by atoms with van der Waals surface area (Å²) in [5, 5.41) is 0. The molecule has 2 rings (SSSR count). The Balaban J connectivity index is 2.10. The molecule has 64 valence electrons. The molecule has 2 heteroatoms. The summed E-state index contributed by atoms with van der Waals surface area (Å²) in [6.07, 6.45) is 4.14. The summed E-state index contributed by atoms with van der Waals surface area (Å²) in [7, 11) is 0. The SMILES string of the molecule is CC[C@@H]1C[C@H]1c1ccc(F)nc1. The molecule has 1 aliphatic carbocycles. The minimum Gasteiger partial charge on any atom is -0.228 e. The maximum absolute atomic E-state index is 12.4. The van der Waals surface area contributed by atoms with Gasteiger partial charge in [0.1, 0.15) is 0 Å². The van der Waals surface area contributed by atoms with E-state index in [4.69, 9.17) is 0 Å². The molecule has 1 heterocycles. The fourth-order valence-corrected chi connectivity index (χ4v) is 1.71. The van der Waals surface area contributed by atoms with E-state index in [2.05, 4.69) is 11.9 Å². The second kappa shape index (κ2) is 2.85. The summed E-state index contributed by atoms with van der Waals surface area (Å²) in [6, 6.07) is 3.29. The Kier molecular flexibility index (Phi) is 1.83. The predicted molar refractivity (Wildman–Crippen MR) is 45.3 cm³/mol. The molecule has 0 bridgehead atoms. The summed E-state index contributed by atoms with van der Waals surface area (Å²) in [6.45, 7) is 2.20. The molecule has 0 unspecified atom stereocenters. The van der Waals surface area contributed by atoms with E-state index < -0.39 is 0 Å². The van der Waals surface area contributed by atoms with Crippen molar-refractivity contribution >= 4 is 0 Å². The van der Waals surface area contributed by atoms with Gasteiger partial charge >= 0.3 is 0 Å². The first-order chi connectivity index (χ1) is 5.81. The summed E-state index contributed by atoms with van der Waals surface area (Å²) in [4.78, 5) is 3.64. The standard InChI is InChI=1S/C10H12FN/c1-2-7-5-9(7)8-3-4-10(11)12-6-8/h3-4,6-7,9H,2,5H2,1H3/t7-,9-/m1/s1. The van der Waals surface area contributed by atoms with Gasteiger partial charge in [0.25, 0.3) is 0 Å². The maximum atomic E-state index is 12.4. The molecule has 0 radical (unpaired) electrons. The zero-order chi connectivity index (χ0) is 8.55. The Bertz CT molecular complexity index is 268. The van der Waals surface area contributed by atoms with Crippen LogP contribution in [0.1, 0.15) is 31.2 Å². The number of rotatable bonds is 2. The van der Waals surface area contributed by atoms with Crippen molar-refractivity contribution in [2.45, 2.75) is 25.7 Å². The van der Waals surface area contributed by atoms with Crippen LogP contribution in [0.15, 0.2) is 18.3 Å². The highest BCUT2D eigenvalue weighted by molar-refractivity contribution is 5.22. The average Bonchev–Trinajstić information content (AvgIpc) is 2.85. The molecular formula is C10H12FN. The van der Waals surface area contributed by atoms with Gasteiger partial charge in [-0.15, -0.1) is 0 Å². The third-order valence-corrected chi connectivity index (χ3v) is 2.63. The van der Waals surface area contributed by atoms with Gasteiger partial charge in [-0.3, -0.25) is 0 Å². The lowest BCUT2D eigenvalue weighted by Gasteiger charge is -1.96. The van der Waals surface area contributed by atoms with Crippen LogP contribution in [0.25, 0.3) is 0 Å². The van der Waals surface area contributed by atoms with Crippen molar-refractivity contribution in [2.75, 3.05) is 0 Å². The Labute approximate surface area is 71.6 Å². The van der Waals surface area contributed by atoms with Crippen LogP contribution >= 0.6 is 0 Å². The molecule has 1 aliphatic rings. The lowest BCUT2D eigenvalue weighted by molar-refractivity contribution is 0.581. The first-order valence-electron chi connectivity index (χ1n) is 4.42.